The first-order valence-electron chi connectivity index (χ1n) is 6.75. The summed E-state index contributed by atoms with van der Waals surface area (Å²) in [5.41, 5.74) is 3.14. The van der Waals surface area contributed by atoms with Crippen LogP contribution in [0.2, 0.25) is 0 Å². The number of carbonyl (C=O) groups is 3. The van der Waals surface area contributed by atoms with Crippen LogP contribution < -0.4 is 11.3 Å². The van der Waals surface area contributed by atoms with Gasteiger partial charge in [0.1, 0.15) is 0 Å². The van der Waals surface area contributed by atoms with Gasteiger partial charge in [-0.3, -0.25) is 19.8 Å². The van der Waals surface area contributed by atoms with Gasteiger partial charge in [-0.25, -0.2) is 5.84 Å². The van der Waals surface area contributed by atoms with Crippen molar-refractivity contribution in [3.05, 3.63) is 35.4 Å². The quantitative estimate of drug-likeness (QED) is 0.337. The smallest absolute Gasteiger partial charge is 0.312 e. The van der Waals surface area contributed by atoms with Crippen molar-refractivity contribution in [3.63, 3.8) is 0 Å². The van der Waals surface area contributed by atoms with E-state index in [4.69, 9.17) is 5.84 Å². The Kier molecular flexibility index (Phi) is 4.54. The zero-order valence-corrected chi connectivity index (χ0v) is 11.8. The van der Waals surface area contributed by atoms with Gasteiger partial charge in [0.05, 0.1) is 0 Å². The number of amides is 3. The van der Waals surface area contributed by atoms with Crippen LogP contribution in [0.3, 0.4) is 0 Å². The molecule has 1 fully saturated rings. The molecular weight excluding hydrogens is 272 g/mol. The van der Waals surface area contributed by atoms with E-state index in [0.717, 1.165) is 0 Å². The van der Waals surface area contributed by atoms with Crippen molar-refractivity contribution < 1.29 is 14.4 Å². The van der Waals surface area contributed by atoms with Gasteiger partial charge in [0.2, 0.25) is 0 Å². The number of carbonyl (C=O) groups excluding carboxylic acids is 3. The lowest BCUT2D eigenvalue weighted by Crippen LogP contribution is -2.53. The summed E-state index contributed by atoms with van der Waals surface area (Å²) < 4.78 is 0. The number of hydrogen-bond acceptors (Lipinski definition) is 4. The third-order valence-electron chi connectivity index (χ3n) is 3.53. The molecule has 7 nitrogen and oxygen atoms in total. The minimum atomic E-state index is -0.536. The van der Waals surface area contributed by atoms with Gasteiger partial charge in [0.15, 0.2) is 0 Å². The van der Waals surface area contributed by atoms with E-state index < -0.39 is 17.7 Å². The lowest BCUT2D eigenvalue weighted by atomic mass is 10.1. The Hall–Kier alpha value is -2.41. The number of nitrogens with zero attached hydrogens (tertiary/aromatic N) is 2. The van der Waals surface area contributed by atoms with Crippen LogP contribution in [-0.4, -0.2) is 47.2 Å². The van der Waals surface area contributed by atoms with Crippen LogP contribution in [0.4, 0.5) is 0 Å². The average Bonchev–Trinajstić information content (AvgIpc) is 2.52. The molecule has 1 aromatic carbocycles. The van der Waals surface area contributed by atoms with Gasteiger partial charge >= 0.3 is 11.8 Å². The van der Waals surface area contributed by atoms with E-state index in [-0.39, 0.29) is 6.54 Å². The van der Waals surface area contributed by atoms with Crippen molar-refractivity contribution in [2.24, 2.45) is 5.84 Å². The highest BCUT2D eigenvalue weighted by Crippen LogP contribution is 2.14. The minimum absolute atomic E-state index is 0.214. The first kappa shape index (κ1) is 15.0. The highest BCUT2D eigenvalue weighted by Gasteiger charge is 2.31. The van der Waals surface area contributed by atoms with E-state index in [1.54, 1.807) is 24.3 Å². The SMILES string of the molecule is CCN1CCN(Cc2ccccc2C(=O)NN)C(=O)C1=O. The number of benzene rings is 1. The molecule has 0 atom stereocenters. The fraction of sp³-hybridized carbons (Fsp3) is 0.357. The summed E-state index contributed by atoms with van der Waals surface area (Å²) in [5, 5.41) is 0. The molecule has 3 amide bonds. The van der Waals surface area contributed by atoms with Gasteiger partial charge in [-0.15, -0.1) is 0 Å². The summed E-state index contributed by atoms with van der Waals surface area (Å²) in [5.74, 6) is 3.70. The Morgan fingerprint density at radius 1 is 1.19 bits per heavy atom. The normalized spacial score (nSPS) is 15.3. The Balaban J connectivity index is 2.18. The topological polar surface area (TPSA) is 95.7 Å². The zero-order chi connectivity index (χ0) is 15.4. The van der Waals surface area contributed by atoms with Crippen LogP contribution >= 0.6 is 0 Å². The van der Waals surface area contributed by atoms with Crippen LogP contribution in [-0.2, 0) is 16.1 Å². The van der Waals surface area contributed by atoms with Crippen molar-refractivity contribution in [1.29, 1.82) is 0 Å². The number of rotatable bonds is 4. The van der Waals surface area contributed by atoms with Crippen molar-refractivity contribution >= 4 is 17.7 Å². The highest BCUT2D eigenvalue weighted by atomic mass is 16.2. The van der Waals surface area contributed by atoms with E-state index in [2.05, 4.69) is 5.43 Å². The molecule has 112 valence electrons. The first-order valence-corrected chi connectivity index (χ1v) is 6.75. The number of nitrogens with two attached hydrogens (primary N) is 1. The molecule has 0 radical (unpaired) electrons. The van der Waals surface area contributed by atoms with Crippen molar-refractivity contribution in [2.45, 2.75) is 13.5 Å². The molecule has 21 heavy (non-hydrogen) atoms. The summed E-state index contributed by atoms with van der Waals surface area (Å²) in [6.45, 7) is 3.53. The summed E-state index contributed by atoms with van der Waals surface area (Å²) >= 11 is 0. The number of hydrazine groups is 1. The van der Waals surface area contributed by atoms with Crippen LogP contribution in [0.15, 0.2) is 24.3 Å². The molecule has 1 aromatic rings. The summed E-state index contributed by atoms with van der Waals surface area (Å²) in [4.78, 5) is 38.6. The van der Waals surface area contributed by atoms with E-state index >= 15 is 0 Å². The van der Waals surface area contributed by atoms with Crippen molar-refractivity contribution in [1.82, 2.24) is 15.2 Å². The van der Waals surface area contributed by atoms with Gasteiger partial charge in [-0.1, -0.05) is 18.2 Å². The molecule has 0 spiro atoms. The van der Waals surface area contributed by atoms with Crippen LogP contribution in [0.1, 0.15) is 22.8 Å². The Labute approximate surface area is 122 Å². The Morgan fingerprint density at radius 3 is 2.48 bits per heavy atom. The summed E-state index contributed by atoms with van der Waals surface area (Å²) in [6, 6.07) is 6.87. The lowest BCUT2D eigenvalue weighted by molar-refractivity contribution is -0.156. The molecular formula is C14H18N4O3. The molecule has 1 aliphatic rings. The minimum Gasteiger partial charge on any atom is -0.333 e. The number of hydrogen-bond donors (Lipinski definition) is 2. The zero-order valence-electron chi connectivity index (χ0n) is 11.8. The second kappa shape index (κ2) is 6.36. The molecule has 3 N–H and O–H groups in total. The monoisotopic (exact) mass is 290 g/mol. The molecule has 0 unspecified atom stereocenters. The molecule has 0 bridgehead atoms. The van der Waals surface area contributed by atoms with Gasteiger partial charge in [-0.2, -0.15) is 0 Å². The molecule has 0 saturated carbocycles. The highest BCUT2D eigenvalue weighted by molar-refractivity contribution is 6.35. The van der Waals surface area contributed by atoms with E-state index in [0.29, 0.717) is 30.8 Å². The molecule has 2 rings (SSSR count). The number of nitrogen functional groups attached to an aromatic ring is 1. The van der Waals surface area contributed by atoms with Gasteiger partial charge < -0.3 is 9.80 Å². The van der Waals surface area contributed by atoms with E-state index in [1.807, 2.05) is 6.92 Å². The van der Waals surface area contributed by atoms with Crippen molar-refractivity contribution in [3.8, 4) is 0 Å². The van der Waals surface area contributed by atoms with Crippen LogP contribution in [0, 0.1) is 0 Å². The first-order chi connectivity index (χ1) is 10.1. The molecule has 1 saturated heterocycles. The number of nitrogens with one attached hydrogen (secondary N) is 1. The molecule has 1 heterocycles. The van der Waals surface area contributed by atoms with Crippen molar-refractivity contribution in [2.75, 3.05) is 19.6 Å². The molecule has 0 aromatic heterocycles. The number of likely N-dealkylation sites (N-methyl/N-ethyl adjacent to an activating group) is 1. The largest absolute Gasteiger partial charge is 0.333 e. The predicted octanol–water partition coefficient (Wildman–Crippen LogP) is -0.519. The Bertz CT molecular complexity index is 573. The van der Waals surface area contributed by atoms with E-state index in [9.17, 15) is 14.4 Å². The second-order valence-corrected chi connectivity index (χ2v) is 4.74. The second-order valence-electron chi connectivity index (χ2n) is 4.74. The van der Waals surface area contributed by atoms with Crippen LogP contribution in [0.25, 0.3) is 0 Å². The molecule has 7 heteroatoms. The maximum absolute atomic E-state index is 12.1. The predicted molar refractivity (Wildman–Crippen MR) is 75.8 cm³/mol. The Morgan fingerprint density at radius 2 is 1.81 bits per heavy atom. The lowest BCUT2D eigenvalue weighted by Gasteiger charge is -2.33. The van der Waals surface area contributed by atoms with Gasteiger partial charge in [0, 0.05) is 31.7 Å². The fourth-order valence-electron chi connectivity index (χ4n) is 2.33. The summed E-state index contributed by atoms with van der Waals surface area (Å²) in [7, 11) is 0. The average molecular weight is 290 g/mol. The summed E-state index contributed by atoms with van der Waals surface area (Å²) in [6.07, 6.45) is 0. The van der Waals surface area contributed by atoms with Crippen LogP contribution in [0.5, 0.6) is 0 Å². The standard InChI is InChI=1S/C14H18N4O3/c1-2-17-7-8-18(14(21)13(17)20)9-10-5-3-4-6-11(10)12(19)16-15/h3-6H,2,7-9,15H2,1H3,(H,16,19). The molecule has 0 aliphatic carbocycles. The fourth-order valence-corrected chi connectivity index (χ4v) is 2.33. The third-order valence-corrected chi connectivity index (χ3v) is 3.53. The van der Waals surface area contributed by atoms with Gasteiger partial charge in [0.25, 0.3) is 5.91 Å². The number of piperazine rings is 1. The maximum atomic E-state index is 12.1. The molecule has 1 aliphatic heterocycles. The van der Waals surface area contributed by atoms with Gasteiger partial charge in [-0.05, 0) is 18.6 Å². The third kappa shape index (κ3) is 3.03. The van der Waals surface area contributed by atoms with E-state index in [1.165, 1.54) is 9.80 Å². The maximum Gasteiger partial charge on any atom is 0.312 e.